The van der Waals surface area contributed by atoms with E-state index < -0.39 is 0 Å². The van der Waals surface area contributed by atoms with Crippen LogP contribution in [0.3, 0.4) is 0 Å². The molecule has 3 heteroatoms. The Hall–Kier alpha value is -0.120. The lowest BCUT2D eigenvalue weighted by Gasteiger charge is -2.30. The van der Waals surface area contributed by atoms with Crippen LogP contribution in [0.2, 0.25) is 0 Å². The van der Waals surface area contributed by atoms with Crippen molar-refractivity contribution in [3.05, 3.63) is 0 Å². The van der Waals surface area contributed by atoms with Gasteiger partial charge >= 0.3 is 0 Å². The molecule has 108 valence electrons. The van der Waals surface area contributed by atoms with Crippen LogP contribution in [-0.4, -0.2) is 61.7 Å². The molecule has 1 aliphatic heterocycles. The summed E-state index contributed by atoms with van der Waals surface area (Å²) in [6.07, 6.45) is 5.38. The third kappa shape index (κ3) is 6.17. The highest BCUT2D eigenvalue weighted by Crippen LogP contribution is 2.09. The number of likely N-dealkylation sites (N-methyl/N-ethyl adjacent to an activating group) is 1. The maximum absolute atomic E-state index is 3.58. The average Bonchev–Trinajstić information content (AvgIpc) is 2.84. The molecule has 3 nitrogen and oxygen atoms in total. The van der Waals surface area contributed by atoms with Crippen LogP contribution in [0.1, 0.15) is 46.5 Å². The topological polar surface area (TPSA) is 18.5 Å². The predicted octanol–water partition coefficient (Wildman–Crippen LogP) is 2.18. The quantitative estimate of drug-likeness (QED) is 0.681. The molecule has 0 bridgehead atoms. The summed E-state index contributed by atoms with van der Waals surface area (Å²) in [5.41, 5.74) is 0. The van der Waals surface area contributed by atoms with Crippen LogP contribution in [0.5, 0.6) is 0 Å². The molecule has 1 aliphatic rings. The van der Waals surface area contributed by atoms with E-state index in [9.17, 15) is 0 Å². The van der Waals surface area contributed by atoms with Crippen molar-refractivity contribution < 1.29 is 0 Å². The molecule has 0 aromatic heterocycles. The van der Waals surface area contributed by atoms with Gasteiger partial charge < -0.3 is 15.1 Å². The molecule has 0 aliphatic carbocycles. The minimum atomic E-state index is 0.594. The number of rotatable bonds is 9. The van der Waals surface area contributed by atoms with E-state index in [4.69, 9.17) is 0 Å². The van der Waals surface area contributed by atoms with Gasteiger partial charge in [0.05, 0.1) is 0 Å². The van der Waals surface area contributed by atoms with E-state index in [1.807, 2.05) is 0 Å². The van der Waals surface area contributed by atoms with Crippen molar-refractivity contribution in [2.75, 3.05) is 39.8 Å². The molecule has 0 aromatic carbocycles. The first-order chi connectivity index (χ1) is 8.63. The molecular formula is C15H33N3. The van der Waals surface area contributed by atoms with Crippen LogP contribution in [0.15, 0.2) is 0 Å². The van der Waals surface area contributed by atoms with Crippen LogP contribution in [0, 0.1) is 0 Å². The summed E-state index contributed by atoms with van der Waals surface area (Å²) in [6, 6.07) is 1.29. The van der Waals surface area contributed by atoms with E-state index in [0.29, 0.717) is 12.1 Å². The monoisotopic (exact) mass is 255 g/mol. The molecule has 18 heavy (non-hydrogen) atoms. The standard InChI is InChI=1S/C15H33N3/c1-5-8-15(13-16-14(2)3)17(4)11-12-18-9-6-7-10-18/h14-16H,5-13H2,1-4H3. The highest BCUT2D eigenvalue weighted by molar-refractivity contribution is 4.74. The molecule has 0 amide bonds. The van der Waals surface area contributed by atoms with Crippen LogP contribution < -0.4 is 5.32 Å². The highest BCUT2D eigenvalue weighted by atomic mass is 15.2. The third-order valence-corrected chi connectivity index (χ3v) is 3.97. The maximum Gasteiger partial charge on any atom is 0.0218 e. The fourth-order valence-corrected chi connectivity index (χ4v) is 2.67. The van der Waals surface area contributed by atoms with Gasteiger partial charge in [0.2, 0.25) is 0 Å². The molecule has 1 heterocycles. The highest BCUT2D eigenvalue weighted by Gasteiger charge is 2.16. The molecule has 0 aromatic rings. The second kappa shape index (κ2) is 8.89. The van der Waals surface area contributed by atoms with Gasteiger partial charge in [-0.15, -0.1) is 0 Å². The molecule has 1 atom stereocenters. The number of hydrogen-bond acceptors (Lipinski definition) is 3. The lowest BCUT2D eigenvalue weighted by atomic mass is 10.1. The zero-order chi connectivity index (χ0) is 13.4. The fourth-order valence-electron chi connectivity index (χ4n) is 2.67. The van der Waals surface area contributed by atoms with E-state index in [0.717, 1.165) is 6.54 Å². The van der Waals surface area contributed by atoms with Gasteiger partial charge in [0.1, 0.15) is 0 Å². The van der Waals surface area contributed by atoms with Gasteiger partial charge in [-0.2, -0.15) is 0 Å². The second-order valence-electron chi connectivity index (χ2n) is 6.03. The molecule has 0 radical (unpaired) electrons. The van der Waals surface area contributed by atoms with Crippen LogP contribution in [0.25, 0.3) is 0 Å². The third-order valence-electron chi connectivity index (χ3n) is 3.97. The van der Waals surface area contributed by atoms with Gasteiger partial charge in [0.15, 0.2) is 0 Å². The van der Waals surface area contributed by atoms with Crippen molar-refractivity contribution in [3.8, 4) is 0 Å². The lowest BCUT2D eigenvalue weighted by molar-refractivity contribution is 0.190. The van der Waals surface area contributed by atoms with Gasteiger partial charge in [0.25, 0.3) is 0 Å². The summed E-state index contributed by atoms with van der Waals surface area (Å²) >= 11 is 0. The summed E-state index contributed by atoms with van der Waals surface area (Å²) in [4.78, 5) is 5.16. The predicted molar refractivity (Wildman–Crippen MR) is 80.1 cm³/mol. The zero-order valence-electron chi connectivity index (χ0n) is 12.9. The van der Waals surface area contributed by atoms with E-state index in [-0.39, 0.29) is 0 Å². The Bertz CT molecular complexity index is 200. The Morgan fingerprint density at radius 3 is 2.44 bits per heavy atom. The Morgan fingerprint density at radius 2 is 1.89 bits per heavy atom. The normalized spacial score (nSPS) is 19.0. The summed E-state index contributed by atoms with van der Waals surface area (Å²) in [6.45, 7) is 13.0. The van der Waals surface area contributed by atoms with Gasteiger partial charge in [0, 0.05) is 31.7 Å². The summed E-state index contributed by atoms with van der Waals surface area (Å²) in [5.74, 6) is 0. The van der Waals surface area contributed by atoms with Crippen molar-refractivity contribution in [2.24, 2.45) is 0 Å². The molecule has 1 saturated heterocycles. The zero-order valence-corrected chi connectivity index (χ0v) is 12.9. The molecular weight excluding hydrogens is 222 g/mol. The van der Waals surface area contributed by atoms with E-state index in [1.165, 1.54) is 51.9 Å². The molecule has 0 saturated carbocycles. The van der Waals surface area contributed by atoms with Crippen molar-refractivity contribution in [1.29, 1.82) is 0 Å². The second-order valence-corrected chi connectivity index (χ2v) is 6.03. The first-order valence-electron chi connectivity index (χ1n) is 7.79. The van der Waals surface area contributed by atoms with Crippen LogP contribution >= 0.6 is 0 Å². The number of nitrogens with one attached hydrogen (secondary N) is 1. The number of nitrogens with zero attached hydrogens (tertiary/aromatic N) is 2. The average molecular weight is 255 g/mol. The van der Waals surface area contributed by atoms with Gasteiger partial charge in [-0.05, 0) is 39.4 Å². The summed E-state index contributed by atoms with van der Waals surface area (Å²) in [7, 11) is 2.29. The summed E-state index contributed by atoms with van der Waals surface area (Å²) < 4.78 is 0. The van der Waals surface area contributed by atoms with Crippen LogP contribution in [-0.2, 0) is 0 Å². The smallest absolute Gasteiger partial charge is 0.0218 e. The Morgan fingerprint density at radius 1 is 1.22 bits per heavy atom. The minimum Gasteiger partial charge on any atom is -0.313 e. The maximum atomic E-state index is 3.58. The minimum absolute atomic E-state index is 0.594. The molecule has 1 fully saturated rings. The summed E-state index contributed by atoms with van der Waals surface area (Å²) in [5, 5.41) is 3.58. The molecule has 1 N–H and O–H groups in total. The van der Waals surface area contributed by atoms with Gasteiger partial charge in [-0.1, -0.05) is 27.2 Å². The van der Waals surface area contributed by atoms with Crippen LogP contribution in [0.4, 0.5) is 0 Å². The first kappa shape index (κ1) is 15.9. The molecule has 1 rings (SSSR count). The molecule has 0 spiro atoms. The molecule has 1 unspecified atom stereocenters. The van der Waals surface area contributed by atoms with Crippen molar-refractivity contribution in [2.45, 2.75) is 58.5 Å². The van der Waals surface area contributed by atoms with E-state index in [2.05, 4.69) is 42.9 Å². The fraction of sp³-hybridized carbons (Fsp3) is 1.00. The van der Waals surface area contributed by atoms with Gasteiger partial charge in [-0.3, -0.25) is 0 Å². The number of hydrogen-bond donors (Lipinski definition) is 1. The Balaban J connectivity index is 2.25. The van der Waals surface area contributed by atoms with E-state index >= 15 is 0 Å². The van der Waals surface area contributed by atoms with Gasteiger partial charge in [-0.25, -0.2) is 0 Å². The number of likely N-dealkylation sites (tertiary alicyclic amines) is 1. The van der Waals surface area contributed by atoms with Crippen molar-refractivity contribution in [1.82, 2.24) is 15.1 Å². The first-order valence-corrected chi connectivity index (χ1v) is 7.79. The van der Waals surface area contributed by atoms with Crippen molar-refractivity contribution in [3.63, 3.8) is 0 Å². The van der Waals surface area contributed by atoms with Crippen molar-refractivity contribution >= 4 is 0 Å². The van der Waals surface area contributed by atoms with E-state index in [1.54, 1.807) is 0 Å². The largest absolute Gasteiger partial charge is 0.313 e. The Labute approximate surface area is 114 Å². The lowest BCUT2D eigenvalue weighted by Crippen LogP contribution is -2.44. The SMILES string of the molecule is CCCC(CNC(C)C)N(C)CCN1CCCC1. The Kier molecular flexibility index (Phi) is 7.87.